The molecule has 6 fully saturated rings. The fraction of sp³-hybridized carbons (Fsp3) is 0.946. The molecule has 21 atom stereocenters. The van der Waals surface area contributed by atoms with Gasteiger partial charge in [0, 0.05) is 5.92 Å². The summed E-state index contributed by atoms with van der Waals surface area (Å²) in [6.07, 6.45) is -10.2. The molecule has 17 nitrogen and oxygen atoms in total. The fourth-order valence-electron chi connectivity index (χ4n) is 11.6. The van der Waals surface area contributed by atoms with E-state index in [0.29, 0.717) is 38.5 Å². The van der Waals surface area contributed by atoms with E-state index in [0.717, 1.165) is 0 Å². The molecule has 0 spiro atoms. The van der Waals surface area contributed by atoms with Crippen LogP contribution >= 0.6 is 0 Å². The lowest BCUT2D eigenvalue weighted by molar-refractivity contribution is -0.321. The third-order valence-corrected chi connectivity index (χ3v) is 14.9. The van der Waals surface area contributed by atoms with E-state index in [1.165, 1.54) is 0 Å². The summed E-state index contributed by atoms with van der Waals surface area (Å²) >= 11 is 0. The van der Waals surface area contributed by atoms with Crippen molar-refractivity contribution in [1.29, 1.82) is 0 Å². The van der Waals surface area contributed by atoms with Gasteiger partial charge in [0.15, 0.2) is 12.6 Å². The van der Waals surface area contributed by atoms with E-state index >= 15 is 0 Å². The van der Waals surface area contributed by atoms with Gasteiger partial charge in [0.1, 0.15) is 48.3 Å². The third-order valence-electron chi connectivity index (χ3n) is 14.5. The Morgan fingerprint density at radius 3 is 2.05 bits per heavy atom. The monoisotopic (exact) mass is 810 g/mol. The van der Waals surface area contributed by atoms with Gasteiger partial charge < -0.3 is 64.9 Å². The van der Waals surface area contributed by atoms with E-state index in [4.69, 9.17) is 23.5 Å². The molecular weight excluding hydrogens is 748 g/mol. The van der Waals surface area contributed by atoms with Crippen LogP contribution in [0.3, 0.4) is 0 Å². The Bertz CT molecular complexity index is 1480. The smallest absolute Gasteiger partial charge is 0.393 e. The van der Waals surface area contributed by atoms with Crippen molar-refractivity contribution in [2.24, 2.45) is 46.3 Å². The Kier molecular flexibility index (Phi) is 12.6. The number of aliphatic hydroxyl groups excluding tert-OH is 8. The van der Waals surface area contributed by atoms with Gasteiger partial charge in [-0.1, -0.05) is 46.8 Å². The molecular formula is C37H62O17S. The zero-order valence-electron chi connectivity index (χ0n) is 32.0. The average Bonchev–Trinajstić information content (AvgIpc) is 3.39. The van der Waals surface area contributed by atoms with Gasteiger partial charge in [0.05, 0.1) is 37.6 Å². The topological polar surface area (TPSA) is 283 Å². The van der Waals surface area contributed by atoms with Gasteiger partial charge in [0.2, 0.25) is 0 Å². The Morgan fingerprint density at radius 1 is 0.764 bits per heavy atom. The minimum atomic E-state index is -4.99. The minimum absolute atomic E-state index is 0.157. The molecule has 0 aromatic carbocycles. The molecule has 4 saturated carbocycles. The van der Waals surface area contributed by atoms with Crippen LogP contribution in [0.2, 0.25) is 0 Å². The van der Waals surface area contributed by atoms with Crippen LogP contribution in [0.4, 0.5) is 0 Å². The fourth-order valence-corrected chi connectivity index (χ4v) is 12.1. The first-order valence-corrected chi connectivity index (χ1v) is 21.0. The van der Waals surface area contributed by atoms with Gasteiger partial charge in [0.25, 0.3) is 0 Å². The van der Waals surface area contributed by atoms with Gasteiger partial charge in [-0.05, 0) is 78.9 Å². The predicted octanol–water partition coefficient (Wildman–Crippen LogP) is -1.00. The average molecular weight is 811 g/mol. The molecule has 2 aliphatic heterocycles. The second kappa shape index (κ2) is 15.9. The van der Waals surface area contributed by atoms with Crippen molar-refractivity contribution < 1.29 is 82.1 Å². The van der Waals surface area contributed by atoms with E-state index in [2.05, 4.69) is 4.18 Å². The normalized spacial score (nSPS) is 51.7. The molecule has 0 unspecified atom stereocenters. The summed E-state index contributed by atoms with van der Waals surface area (Å²) < 4.78 is 59.3. The van der Waals surface area contributed by atoms with E-state index in [1.807, 2.05) is 40.7 Å². The van der Waals surface area contributed by atoms with E-state index in [-0.39, 0.29) is 24.4 Å². The number of hydrogen-bond acceptors (Lipinski definition) is 16. The van der Waals surface area contributed by atoms with Crippen molar-refractivity contribution in [2.75, 3.05) is 13.2 Å². The van der Waals surface area contributed by atoms with Crippen molar-refractivity contribution in [1.82, 2.24) is 0 Å². The Hall–Kier alpha value is -0.910. The van der Waals surface area contributed by atoms with Crippen LogP contribution in [0.5, 0.6) is 0 Å². The SMILES string of the molecule is CC(C)[C@H](/C=C/[C@@H](C)[C@H]1C[C@@H](O)[C@@H]2[C@]1(C)CC[C@H]1[C@@]3(C)CC[C@H](O[C@@H]4OC[C@H](O)[C@H](O)[C@H]4O)C[C@@H]3[C@@H](O)[C@@H](O)[C@@]21O)O[C@@H]1OC[C@@H](O)[C@H](OS(=O)(=O)O)[C@H]1O. The maximum Gasteiger partial charge on any atom is 0.397 e. The zero-order valence-corrected chi connectivity index (χ0v) is 32.8. The van der Waals surface area contributed by atoms with Crippen molar-refractivity contribution in [3.8, 4) is 0 Å². The molecule has 318 valence electrons. The minimum Gasteiger partial charge on any atom is -0.393 e. The first kappa shape index (κ1) is 43.7. The van der Waals surface area contributed by atoms with Gasteiger partial charge in [-0.3, -0.25) is 4.55 Å². The molecule has 4 aliphatic carbocycles. The lowest BCUT2D eigenvalue weighted by Gasteiger charge is -2.67. The molecule has 2 saturated heterocycles. The summed E-state index contributed by atoms with van der Waals surface area (Å²) in [4.78, 5) is 0. The summed E-state index contributed by atoms with van der Waals surface area (Å²) in [5.41, 5.74) is -3.09. The molecule has 6 aliphatic rings. The molecule has 0 bridgehead atoms. The van der Waals surface area contributed by atoms with E-state index in [9.17, 15) is 54.4 Å². The summed E-state index contributed by atoms with van der Waals surface area (Å²) in [6, 6.07) is 0. The molecule has 18 heteroatoms. The Morgan fingerprint density at radius 2 is 1.40 bits per heavy atom. The van der Waals surface area contributed by atoms with Gasteiger partial charge >= 0.3 is 10.4 Å². The van der Waals surface area contributed by atoms with Crippen molar-refractivity contribution in [3.05, 3.63) is 12.2 Å². The third kappa shape index (κ3) is 7.82. The van der Waals surface area contributed by atoms with Crippen LogP contribution in [-0.2, 0) is 33.5 Å². The second-order valence-electron chi connectivity index (χ2n) is 18.0. The Balaban J connectivity index is 1.16. The number of rotatable bonds is 10. The summed E-state index contributed by atoms with van der Waals surface area (Å²) in [7, 11) is -4.99. The van der Waals surface area contributed by atoms with Crippen molar-refractivity contribution in [2.45, 2.75) is 158 Å². The molecule has 0 aromatic heterocycles. The standard InChI is InChI=1S/C37H62O17S/c1-16(2)24(53-34-29(44)30(23(40)15-51-34)54-55(47,48)49)7-6-17(3)19-13-21(38)31-36(19,5)11-9-25-35(4)10-8-18(12-20(35)26(41)32(45)37(25,31)46)52-33-28(43)27(42)22(39)14-50-33/h6-7,16-34,38-46H,8-15H2,1-5H3,(H,47,48,49)/b7-6+/t17-,18+,19-,20-,21-,22+,23-,24+,25+,26-,27+,28-,29-,30+,31-,32-,33+,34+,35+,36-,37+/m1/s1. The number of aliphatic hydroxyl groups is 9. The van der Waals surface area contributed by atoms with Gasteiger partial charge in [-0.25, -0.2) is 4.18 Å². The number of hydrogen-bond donors (Lipinski definition) is 10. The molecule has 6 rings (SSSR count). The second-order valence-corrected chi connectivity index (χ2v) is 19.1. The van der Waals surface area contributed by atoms with Crippen LogP contribution in [0.25, 0.3) is 0 Å². The van der Waals surface area contributed by atoms with Crippen molar-refractivity contribution >= 4 is 10.4 Å². The molecule has 55 heavy (non-hydrogen) atoms. The number of fused-ring (bicyclic) bond motifs is 5. The molecule has 10 N–H and O–H groups in total. The first-order valence-electron chi connectivity index (χ1n) is 19.6. The highest BCUT2D eigenvalue weighted by atomic mass is 32.3. The maximum atomic E-state index is 12.8. The van der Waals surface area contributed by atoms with Crippen LogP contribution in [0.15, 0.2) is 12.2 Å². The summed E-state index contributed by atoms with van der Waals surface area (Å²) in [6.45, 7) is 9.16. The van der Waals surface area contributed by atoms with Crippen LogP contribution < -0.4 is 0 Å². The molecule has 0 aromatic rings. The summed E-state index contributed by atoms with van der Waals surface area (Å²) in [5, 5.41) is 99.5. The molecule has 0 radical (unpaired) electrons. The molecule has 2 heterocycles. The zero-order chi connectivity index (χ0) is 40.6. The quantitative estimate of drug-likeness (QED) is 0.0719. The lowest BCUT2D eigenvalue weighted by atomic mass is 9.41. The maximum absolute atomic E-state index is 12.8. The highest BCUT2D eigenvalue weighted by Crippen LogP contribution is 2.70. The first-order chi connectivity index (χ1) is 25.5. The highest BCUT2D eigenvalue weighted by Gasteiger charge is 2.74. The molecule has 0 amide bonds. The van der Waals surface area contributed by atoms with Crippen LogP contribution in [0, 0.1) is 46.3 Å². The van der Waals surface area contributed by atoms with Crippen LogP contribution in [0.1, 0.15) is 73.1 Å². The van der Waals surface area contributed by atoms with Crippen molar-refractivity contribution in [3.63, 3.8) is 0 Å². The largest absolute Gasteiger partial charge is 0.397 e. The highest BCUT2D eigenvalue weighted by molar-refractivity contribution is 7.80. The van der Waals surface area contributed by atoms with E-state index < -0.39 is 131 Å². The van der Waals surface area contributed by atoms with Gasteiger partial charge in [-0.2, -0.15) is 8.42 Å². The summed E-state index contributed by atoms with van der Waals surface area (Å²) in [5.74, 6) is -2.19. The van der Waals surface area contributed by atoms with Crippen LogP contribution in [-0.4, -0.2) is 157 Å². The number of ether oxygens (including phenoxy) is 4. The van der Waals surface area contributed by atoms with Gasteiger partial charge in [-0.15, -0.1) is 0 Å². The number of allylic oxidation sites excluding steroid dienone is 1. The Labute approximate surface area is 322 Å². The lowest BCUT2D eigenvalue weighted by Crippen LogP contribution is -2.75. The van der Waals surface area contributed by atoms with E-state index in [1.54, 1.807) is 6.08 Å². The predicted molar refractivity (Wildman–Crippen MR) is 190 cm³/mol.